The predicted octanol–water partition coefficient (Wildman–Crippen LogP) is 2.66. The molecule has 0 aliphatic heterocycles. The van der Waals surface area contributed by atoms with Crippen molar-refractivity contribution in [1.82, 2.24) is 10.3 Å². The molecule has 23 heavy (non-hydrogen) atoms. The standard InChI is InChI=1S/C18H24N4O/c1-3-22(4-2)17-7-5-16(6-8-17)20-14-18(23)21-13-15-9-11-19-12-10-15/h5-12,20H,3-4,13-14H2,1-2H3,(H,21,23). The van der Waals surface area contributed by atoms with Crippen LogP contribution in [0.3, 0.4) is 0 Å². The third kappa shape index (κ3) is 5.29. The average molecular weight is 312 g/mol. The average Bonchev–Trinajstić information content (AvgIpc) is 2.61. The Balaban J connectivity index is 1.78. The minimum atomic E-state index is -0.0327. The van der Waals surface area contributed by atoms with Crippen molar-refractivity contribution in [3.05, 3.63) is 54.4 Å². The molecule has 5 nitrogen and oxygen atoms in total. The van der Waals surface area contributed by atoms with Crippen LogP contribution in [0.2, 0.25) is 0 Å². The Morgan fingerprint density at radius 3 is 2.30 bits per heavy atom. The molecule has 2 aromatic rings. The van der Waals surface area contributed by atoms with Crippen LogP contribution in [0.1, 0.15) is 19.4 Å². The van der Waals surface area contributed by atoms with Crippen molar-refractivity contribution in [1.29, 1.82) is 0 Å². The number of amides is 1. The van der Waals surface area contributed by atoms with Crippen LogP contribution in [0.5, 0.6) is 0 Å². The Hall–Kier alpha value is -2.56. The van der Waals surface area contributed by atoms with Gasteiger partial charge in [0.25, 0.3) is 0 Å². The maximum absolute atomic E-state index is 11.9. The van der Waals surface area contributed by atoms with Crippen molar-refractivity contribution < 1.29 is 4.79 Å². The van der Waals surface area contributed by atoms with Crippen molar-refractivity contribution >= 4 is 17.3 Å². The number of nitrogens with zero attached hydrogens (tertiary/aromatic N) is 2. The van der Waals surface area contributed by atoms with Gasteiger partial charge in [0.1, 0.15) is 0 Å². The molecule has 1 heterocycles. The summed E-state index contributed by atoms with van der Waals surface area (Å²) < 4.78 is 0. The van der Waals surface area contributed by atoms with E-state index >= 15 is 0 Å². The van der Waals surface area contributed by atoms with Gasteiger partial charge in [-0.25, -0.2) is 0 Å². The largest absolute Gasteiger partial charge is 0.376 e. The summed E-state index contributed by atoms with van der Waals surface area (Å²) in [4.78, 5) is 18.1. The summed E-state index contributed by atoms with van der Waals surface area (Å²) in [6.45, 7) is 7.03. The number of hydrogen-bond donors (Lipinski definition) is 2. The smallest absolute Gasteiger partial charge is 0.239 e. The van der Waals surface area contributed by atoms with Crippen molar-refractivity contribution in [2.24, 2.45) is 0 Å². The molecule has 0 spiro atoms. The van der Waals surface area contributed by atoms with Crippen LogP contribution in [0.4, 0.5) is 11.4 Å². The first-order valence-corrected chi connectivity index (χ1v) is 7.97. The zero-order valence-electron chi connectivity index (χ0n) is 13.7. The van der Waals surface area contributed by atoms with E-state index in [1.165, 1.54) is 5.69 Å². The molecule has 2 rings (SSSR count). The Morgan fingerprint density at radius 2 is 1.70 bits per heavy atom. The van der Waals surface area contributed by atoms with Gasteiger partial charge in [0.15, 0.2) is 0 Å². The molecule has 0 saturated carbocycles. The molecule has 0 atom stereocenters. The molecule has 1 amide bonds. The van der Waals surface area contributed by atoms with E-state index in [1.807, 2.05) is 24.3 Å². The second-order valence-electron chi connectivity index (χ2n) is 5.20. The van der Waals surface area contributed by atoms with Crippen molar-refractivity contribution in [3.8, 4) is 0 Å². The fraction of sp³-hybridized carbons (Fsp3) is 0.333. The molecule has 0 radical (unpaired) electrons. The highest BCUT2D eigenvalue weighted by molar-refractivity contribution is 5.80. The lowest BCUT2D eigenvalue weighted by atomic mass is 10.2. The van der Waals surface area contributed by atoms with E-state index < -0.39 is 0 Å². The molecule has 0 bridgehead atoms. The molecule has 2 N–H and O–H groups in total. The lowest BCUT2D eigenvalue weighted by Crippen LogP contribution is -2.29. The van der Waals surface area contributed by atoms with E-state index in [9.17, 15) is 4.79 Å². The second kappa shape index (κ2) is 8.78. The number of nitrogens with one attached hydrogen (secondary N) is 2. The molecule has 0 unspecified atom stereocenters. The minimum Gasteiger partial charge on any atom is -0.376 e. The summed E-state index contributed by atoms with van der Waals surface area (Å²) in [6.07, 6.45) is 3.44. The fourth-order valence-electron chi connectivity index (χ4n) is 2.32. The highest BCUT2D eigenvalue weighted by Gasteiger charge is 2.03. The van der Waals surface area contributed by atoms with Crippen LogP contribution < -0.4 is 15.5 Å². The molecular formula is C18H24N4O. The molecular weight excluding hydrogens is 288 g/mol. The van der Waals surface area contributed by atoms with Gasteiger partial charge in [-0.3, -0.25) is 9.78 Å². The lowest BCUT2D eigenvalue weighted by Gasteiger charge is -2.21. The van der Waals surface area contributed by atoms with Crippen molar-refractivity contribution in [3.63, 3.8) is 0 Å². The van der Waals surface area contributed by atoms with Crippen LogP contribution in [-0.2, 0) is 11.3 Å². The van der Waals surface area contributed by atoms with E-state index in [-0.39, 0.29) is 12.5 Å². The number of benzene rings is 1. The first-order chi connectivity index (χ1) is 11.2. The fourth-order valence-corrected chi connectivity index (χ4v) is 2.32. The van der Waals surface area contributed by atoms with Gasteiger partial charge < -0.3 is 15.5 Å². The number of hydrogen-bond acceptors (Lipinski definition) is 4. The summed E-state index contributed by atoms with van der Waals surface area (Å²) >= 11 is 0. The third-order valence-electron chi connectivity index (χ3n) is 3.69. The molecule has 0 aliphatic carbocycles. The molecule has 1 aromatic carbocycles. The Labute approximate surface area is 137 Å². The van der Waals surface area contributed by atoms with Gasteiger partial charge in [-0.15, -0.1) is 0 Å². The minimum absolute atomic E-state index is 0.0327. The summed E-state index contributed by atoms with van der Waals surface area (Å²) in [5.41, 5.74) is 3.18. The van der Waals surface area contributed by atoms with E-state index in [0.717, 1.165) is 24.3 Å². The molecule has 0 fully saturated rings. The molecule has 0 saturated heterocycles. The summed E-state index contributed by atoms with van der Waals surface area (Å²) in [5.74, 6) is -0.0327. The normalized spacial score (nSPS) is 10.2. The number of pyridine rings is 1. The van der Waals surface area contributed by atoms with Gasteiger partial charge in [0.2, 0.25) is 5.91 Å². The van der Waals surface area contributed by atoms with Crippen LogP contribution >= 0.6 is 0 Å². The Kier molecular flexibility index (Phi) is 6.41. The molecule has 122 valence electrons. The van der Waals surface area contributed by atoms with Crippen LogP contribution in [-0.4, -0.2) is 30.5 Å². The van der Waals surface area contributed by atoms with Gasteiger partial charge in [-0.05, 0) is 55.8 Å². The number of aromatic nitrogens is 1. The quantitative estimate of drug-likeness (QED) is 0.787. The highest BCUT2D eigenvalue weighted by Crippen LogP contribution is 2.17. The Morgan fingerprint density at radius 1 is 1.04 bits per heavy atom. The number of carbonyl (C=O) groups excluding carboxylic acids is 1. The second-order valence-corrected chi connectivity index (χ2v) is 5.20. The van der Waals surface area contributed by atoms with Crippen molar-refractivity contribution in [2.75, 3.05) is 29.9 Å². The first-order valence-electron chi connectivity index (χ1n) is 7.97. The number of carbonyl (C=O) groups is 1. The lowest BCUT2D eigenvalue weighted by molar-refractivity contribution is -0.119. The Bertz CT molecular complexity index is 594. The molecule has 0 aliphatic rings. The summed E-state index contributed by atoms with van der Waals surface area (Å²) in [5, 5.41) is 6.02. The number of rotatable bonds is 8. The first kappa shape index (κ1) is 16.8. The zero-order valence-corrected chi connectivity index (χ0v) is 13.7. The predicted molar refractivity (Wildman–Crippen MR) is 94.6 cm³/mol. The topological polar surface area (TPSA) is 57.3 Å². The monoisotopic (exact) mass is 312 g/mol. The van der Waals surface area contributed by atoms with Gasteiger partial charge >= 0.3 is 0 Å². The van der Waals surface area contributed by atoms with Gasteiger partial charge in [-0.1, -0.05) is 0 Å². The van der Waals surface area contributed by atoms with Gasteiger partial charge in [0.05, 0.1) is 6.54 Å². The van der Waals surface area contributed by atoms with Gasteiger partial charge in [-0.2, -0.15) is 0 Å². The summed E-state index contributed by atoms with van der Waals surface area (Å²) in [7, 11) is 0. The SMILES string of the molecule is CCN(CC)c1ccc(NCC(=O)NCc2ccncc2)cc1. The summed E-state index contributed by atoms with van der Waals surface area (Å²) in [6, 6.07) is 11.9. The number of anilines is 2. The van der Waals surface area contributed by atoms with Crippen LogP contribution in [0.15, 0.2) is 48.8 Å². The van der Waals surface area contributed by atoms with Gasteiger partial charge in [0, 0.05) is 43.4 Å². The molecule has 1 aromatic heterocycles. The molecule has 5 heteroatoms. The van der Waals surface area contributed by atoms with Crippen LogP contribution in [0.25, 0.3) is 0 Å². The van der Waals surface area contributed by atoms with E-state index in [1.54, 1.807) is 12.4 Å². The zero-order chi connectivity index (χ0) is 16.5. The van der Waals surface area contributed by atoms with E-state index in [4.69, 9.17) is 0 Å². The van der Waals surface area contributed by atoms with Crippen LogP contribution in [0, 0.1) is 0 Å². The maximum atomic E-state index is 11.9. The van der Waals surface area contributed by atoms with E-state index in [2.05, 4.69) is 46.5 Å². The maximum Gasteiger partial charge on any atom is 0.239 e. The third-order valence-corrected chi connectivity index (χ3v) is 3.69. The van der Waals surface area contributed by atoms with E-state index in [0.29, 0.717) is 6.54 Å². The highest BCUT2D eigenvalue weighted by atomic mass is 16.1. The van der Waals surface area contributed by atoms with Crippen molar-refractivity contribution in [2.45, 2.75) is 20.4 Å².